The van der Waals surface area contributed by atoms with Gasteiger partial charge >= 0.3 is 0 Å². The molecular formula is C25H20FN3O2. The Balaban J connectivity index is 1.59. The predicted molar refractivity (Wildman–Crippen MR) is 119 cm³/mol. The fourth-order valence-corrected chi connectivity index (χ4v) is 3.84. The van der Waals surface area contributed by atoms with E-state index in [1.165, 1.54) is 18.2 Å². The molecule has 1 aromatic heterocycles. The maximum Gasteiger partial charge on any atom is 0.224 e. The number of halogens is 1. The van der Waals surface area contributed by atoms with Crippen molar-refractivity contribution in [3.63, 3.8) is 0 Å². The fraction of sp³-hybridized carbons (Fsp3) is 0.160. The number of rotatable bonds is 5. The van der Waals surface area contributed by atoms with Crippen molar-refractivity contribution in [1.82, 2.24) is 4.57 Å². The van der Waals surface area contributed by atoms with Gasteiger partial charge < -0.3 is 9.88 Å². The first-order valence-corrected chi connectivity index (χ1v) is 10.00. The Kier molecular flexibility index (Phi) is 5.50. The molecule has 0 radical (unpaired) electrons. The highest BCUT2D eigenvalue weighted by molar-refractivity contribution is 5.94. The quantitative estimate of drug-likeness (QED) is 0.473. The smallest absolute Gasteiger partial charge is 0.224 e. The predicted octanol–water partition coefficient (Wildman–Crippen LogP) is 4.89. The number of benzene rings is 3. The highest BCUT2D eigenvalue weighted by Gasteiger charge is 2.13. The molecule has 0 unspecified atom stereocenters. The van der Waals surface area contributed by atoms with Crippen LogP contribution >= 0.6 is 0 Å². The van der Waals surface area contributed by atoms with Crippen LogP contribution in [0.4, 0.5) is 10.1 Å². The Morgan fingerprint density at radius 1 is 1.06 bits per heavy atom. The molecule has 0 aliphatic heterocycles. The van der Waals surface area contributed by atoms with Crippen molar-refractivity contribution < 1.29 is 9.18 Å². The first-order valence-electron chi connectivity index (χ1n) is 10.00. The maximum atomic E-state index is 13.7. The summed E-state index contributed by atoms with van der Waals surface area (Å²) in [6.07, 6.45) is 0.702. The lowest BCUT2D eigenvalue weighted by molar-refractivity contribution is -0.116. The number of anilines is 1. The van der Waals surface area contributed by atoms with E-state index in [2.05, 4.69) is 9.88 Å². The summed E-state index contributed by atoms with van der Waals surface area (Å²) in [6.45, 7) is 2.48. The zero-order chi connectivity index (χ0) is 22.0. The third-order valence-electron chi connectivity index (χ3n) is 5.31. The van der Waals surface area contributed by atoms with Crippen LogP contribution < -0.4 is 10.7 Å². The molecule has 31 heavy (non-hydrogen) atoms. The van der Waals surface area contributed by atoms with Crippen molar-refractivity contribution in [3.8, 4) is 6.07 Å². The number of nitrogens with one attached hydrogen (secondary N) is 1. The Bertz CT molecular complexity index is 1420. The van der Waals surface area contributed by atoms with Crippen molar-refractivity contribution in [2.75, 3.05) is 5.32 Å². The minimum absolute atomic E-state index is 0.00145. The highest BCUT2D eigenvalue weighted by atomic mass is 19.1. The van der Waals surface area contributed by atoms with Crippen LogP contribution in [0.1, 0.15) is 24.0 Å². The minimum atomic E-state index is -0.665. The molecule has 0 fully saturated rings. The van der Waals surface area contributed by atoms with Crippen LogP contribution in [0.2, 0.25) is 0 Å². The summed E-state index contributed by atoms with van der Waals surface area (Å²) in [5.41, 5.74) is 2.64. The molecule has 0 saturated carbocycles. The van der Waals surface area contributed by atoms with Gasteiger partial charge in [-0.3, -0.25) is 9.59 Å². The zero-order valence-electron chi connectivity index (χ0n) is 17.0. The molecule has 3 aromatic carbocycles. The lowest BCUT2D eigenvalue weighted by Crippen LogP contribution is -2.15. The SMILES string of the molecule is Cc1ccc2c(c1)c(=O)c1ccccc1n2CCCC(=O)Nc1cccc(F)c1C#N. The number of aromatic nitrogens is 1. The molecule has 0 saturated heterocycles. The van der Waals surface area contributed by atoms with Gasteiger partial charge in [-0.1, -0.05) is 29.8 Å². The Hall–Kier alpha value is -3.98. The first kappa shape index (κ1) is 20.3. The topological polar surface area (TPSA) is 74.9 Å². The van der Waals surface area contributed by atoms with E-state index < -0.39 is 5.82 Å². The lowest BCUT2D eigenvalue weighted by Gasteiger charge is -2.15. The van der Waals surface area contributed by atoms with E-state index in [9.17, 15) is 14.0 Å². The summed E-state index contributed by atoms with van der Waals surface area (Å²) in [5, 5.41) is 13.0. The number of carbonyl (C=O) groups excluding carboxylic acids is 1. The van der Waals surface area contributed by atoms with Gasteiger partial charge in [0.1, 0.15) is 17.4 Å². The van der Waals surface area contributed by atoms with E-state index in [-0.39, 0.29) is 29.0 Å². The second-order valence-corrected chi connectivity index (χ2v) is 7.44. The molecule has 0 bridgehead atoms. The van der Waals surface area contributed by atoms with E-state index in [0.717, 1.165) is 16.6 Å². The van der Waals surface area contributed by atoms with Crippen LogP contribution in [-0.2, 0) is 11.3 Å². The molecular weight excluding hydrogens is 393 g/mol. The normalized spacial score (nSPS) is 10.9. The largest absolute Gasteiger partial charge is 0.340 e. The number of hydrogen-bond acceptors (Lipinski definition) is 3. The number of nitriles is 1. The molecule has 4 rings (SSSR count). The molecule has 4 aromatic rings. The van der Waals surface area contributed by atoms with Crippen molar-refractivity contribution in [2.45, 2.75) is 26.3 Å². The Morgan fingerprint density at radius 2 is 1.84 bits per heavy atom. The average Bonchev–Trinajstić information content (AvgIpc) is 2.76. The third-order valence-corrected chi connectivity index (χ3v) is 5.31. The second-order valence-electron chi connectivity index (χ2n) is 7.44. The van der Waals surface area contributed by atoms with Gasteiger partial charge in [0.05, 0.1) is 16.7 Å². The van der Waals surface area contributed by atoms with Crippen molar-refractivity contribution in [2.24, 2.45) is 0 Å². The number of carbonyl (C=O) groups is 1. The molecule has 5 nitrogen and oxygen atoms in total. The van der Waals surface area contributed by atoms with Gasteiger partial charge in [-0.15, -0.1) is 0 Å². The van der Waals surface area contributed by atoms with E-state index >= 15 is 0 Å². The summed E-state index contributed by atoms with van der Waals surface area (Å²) in [5.74, 6) is -0.964. The summed E-state index contributed by atoms with van der Waals surface area (Å²) >= 11 is 0. The van der Waals surface area contributed by atoms with Crippen molar-refractivity contribution in [3.05, 3.63) is 87.8 Å². The van der Waals surface area contributed by atoms with Crippen LogP contribution in [0.5, 0.6) is 0 Å². The number of nitrogens with zero attached hydrogens (tertiary/aromatic N) is 2. The summed E-state index contributed by atoms with van der Waals surface area (Å²) in [6, 6.07) is 19.2. The van der Waals surface area contributed by atoms with E-state index in [0.29, 0.717) is 23.7 Å². The van der Waals surface area contributed by atoms with Crippen LogP contribution in [0, 0.1) is 24.1 Å². The number of aryl methyl sites for hydroxylation is 2. The first-order chi connectivity index (χ1) is 15.0. The Morgan fingerprint density at radius 3 is 2.65 bits per heavy atom. The number of pyridine rings is 1. The zero-order valence-corrected chi connectivity index (χ0v) is 17.0. The summed E-state index contributed by atoms with van der Waals surface area (Å²) in [7, 11) is 0. The van der Waals surface area contributed by atoms with Gasteiger partial charge in [-0.25, -0.2) is 4.39 Å². The van der Waals surface area contributed by atoms with Crippen LogP contribution in [0.15, 0.2) is 65.5 Å². The minimum Gasteiger partial charge on any atom is -0.340 e. The molecule has 1 heterocycles. The number of amides is 1. The monoisotopic (exact) mass is 413 g/mol. The fourth-order valence-electron chi connectivity index (χ4n) is 3.84. The molecule has 1 N–H and O–H groups in total. The van der Waals surface area contributed by atoms with Gasteiger partial charge in [-0.05, 0) is 49.7 Å². The molecule has 0 aliphatic rings. The van der Waals surface area contributed by atoms with E-state index in [1.807, 2.05) is 49.4 Å². The van der Waals surface area contributed by atoms with Crippen molar-refractivity contribution >= 4 is 33.4 Å². The van der Waals surface area contributed by atoms with Crippen molar-refractivity contribution in [1.29, 1.82) is 5.26 Å². The van der Waals surface area contributed by atoms with Gasteiger partial charge in [0.15, 0.2) is 5.43 Å². The van der Waals surface area contributed by atoms with Gasteiger partial charge in [0.25, 0.3) is 0 Å². The molecule has 6 heteroatoms. The van der Waals surface area contributed by atoms with Crippen LogP contribution in [0.3, 0.4) is 0 Å². The van der Waals surface area contributed by atoms with Gasteiger partial charge in [0.2, 0.25) is 5.91 Å². The molecule has 154 valence electrons. The number of fused-ring (bicyclic) bond motifs is 2. The number of hydrogen-bond donors (Lipinski definition) is 1. The number of para-hydroxylation sites is 1. The van der Waals surface area contributed by atoms with Crippen LogP contribution in [-0.4, -0.2) is 10.5 Å². The van der Waals surface area contributed by atoms with Gasteiger partial charge in [0, 0.05) is 23.7 Å². The summed E-state index contributed by atoms with van der Waals surface area (Å²) < 4.78 is 15.8. The molecule has 1 amide bonds. The molecule has 0 atom stereocenters. The lowest BCUT2D eigenvalue weighted by atomic mass is 10.1. The van der Waals surface area contributed by atoms with E-state index in [1.54, 1.807) is 6.07 Å². The molecule has 0 spiro atoms. The van der Waals surface area contributed by atoms with Crippen LogP contribution in [0.25, 0.3) is 21.8 Å². The Labute approximate surface area is 178 Å². The van der Waals surface area contributed by atoms with Gasteiger partial charge in [-0.2, -0.15) is 5.26 Å². The second kappa shape index (κ2) is 8.41. The standard InChI is InChI=1S/C25H20FN3O2/c1-16-11-12-23-18(14-16)25(31)17-6-2-3-9-22(17)29(23)13-5-10-24(30)28-21-8-4-7-20(26)19(21)15-27/h2-4,6-9,11-12,14H,5,10,13H2,1H3,(H,28,30). The average molecular weight is 413 g/mol. The maximum absolute atomic E-state index is 13.7. The summed E-state index contributed by atoms with van der Waals surface area (Å²) in [4.78, 5) is 25.3. The van der Waals surface area contributed by atoms with E-state index in [4.69, 9.17) is 5.26 Å². The third kappa shape index (κ3) is 3.90. The highest BCUT2D eigenvalue weighted by Crippen LogP contribution is 2.22. The molecule has 0 aliphatic carbocycles.